The summed E-state index contributed by atoms with van der Waals surface area (Å²) in [6.07, 6.45) is 36.3. The van der Waals surface area contributed by atoms with Crippen molar-refractivity contribution < 1.29 is 28.6 Å². The predicted octanol–water partition coefficient (Wildman–Crippen LogP) is 10.6. The first-order valence-electron chi connectivity index (χ1n) is 20.7. The highest BCUT2D eigenvalue weighted by Crippen LogP contribution is 2.61. The molecule has 6 nitrogen and oxygen atoms in total. The molecule has 0 heterocycles. The van der Waals surface area contributed by atoms with E-state index in [0.29, 0.717) is 12.8 Å². The summed E-state index contributed by atoms with van der Waals surface area (Å²) in [5.74, 6) is 2.35. The van der Waals surface area contributed by atoms with E-state index in [0.717, 1.165) is 94.3 Å². The van der Waals surface area contributed by atoms with E-state index in [1.807, 2.05) is 0 Å². The van der Waals surface area contributed by atoms with Gasteiger partial charge in [-0.2, -0.15) is 0 Å². The van der Waals surface area contributed by atoms with Crippen LogP contribution in [0.25, 0.3) is 0 Å². The van der Waals surface area contributed by atoms with Crippen molar-refractivity contribution in [3.63, 3.8) is 0 Å². The Labute approximate surface area is 297 Å². The molecule has 0 amide bonds. The van der Waals surface area contributed by atoms with Crippen molar-refractivity contribution in [2.24, 2.45) is 40.4 Å². The molecule has 0 aliphatic heterocycles. The Morgan fingerprint density at radius 1 is 0.633 bits per heavy atom. The molecule has 276 valence electrons. The Bertz CT molecular complexity index is 1050. The molecule has 0 aromatic carbocycles. The van der Waals surface area contributed by atoms with E-state index in [9.17, 15) is 14.4 Å². The van der Waals surface area contributed by atoms with Crippen molar-refractivity contribution in [1.82, 2.24) is 0 Å². The molecule has 1 atom stereocenters. The van der Waals surface area contributed by atoms with Gasteiger partial charge in [0.1, 0.15) is 19.8 Å². The van der Waals surface area contributed by atoms with Gasteiger partial charge in [-0.25, -0.2) is 0 Å². The van der Waals surface area contributed by atoms with Crippen molar-refractivity contribution in [3.8, 4) is 0 Å². The quantitative estimate of drug-likeness (QED) is 0.0462. The maximum Gasteiger partial charge on any atom is 0.312 e. The van der Waals surface area contributed by atoms with Gasteiger partial charge in [-0.05, 0) is 145 Å². The average Bonchev–Trinajstić information content (AvgIpc) is 3.09. The number of allylic oxidation sites excluding steroid dienone is 4. The zero-order valence-corrected chi connectivity index (χ0v) is 30.9. The highest BCUT2D eigenvalue weighted by Gasteiger charge is 2.52. The molecule has 0 radical (unpaired) electrons. The number of hydrogen-bond acceptors (Lipinski definition) is 6. The Morgan fingerprint density at radius 3 is 1.78 bits per heavy atom. The number of hydrogen-bond donors (Lipinski definition) is 0. The maximum atomic E-state index is 13.3. The maximum absolute atomic E-state index is 13.3. The van der Waals surface area contributed by atoms with Gasteiger partial charge in [0.05, 0.1) is 17.8 Å². The normalized spacial score (nSPS) is 30.6. The van der Waals surface area contributed by atoms with Crippen LogP contribution in [0.3, 0.4) is 0 Å². The minimum absolute atomic E-state index is 0.105. The third kappa shape index (κ3) is 12.0. The second-order valence-electron chi connectivity index (χ2n) is 17.2. The fraction of sp³-hybridized carbons (Fsp3) is 0.837. The van der Waals surface area contributed by atoms with Gasteiger partial charge in [-0.15, -0.1) is 0 Å². The molecule has 0 spiro atoms. The molecule has 1 unspecified atom stereocenters. The smallest absolute Gasteiger partial charge is 0.312 e. The van der Waals surface area contributed by atoms with Gasteiger partial charge in [0, 0.05) is 6.42 Å². The molecular weight excluding hydrogens is 612 g/mol. The van der Waals surface area contributed by atoms with Gasteiger partial charge >= 0.3 is 17.9 Å². The summed E-state index contributed by atoms with van der Waals surface area (Å²) >= 11 is 0. The molecule has 0 aromatic rings. The van der Waals surface area contributed by atoms with E-state index < -0.39 is 0 Å². The van der Waals surface area contributed by atoms with Crippen LogP contribution in [0.2, 0.25) is 0 Å². The molecule has 0 N–H and O–H groups in total. The standard InChI is InChI=1S/C43H68O6/c1-2-3-4-5-6-7-8-9-10-11-12-13-14-15-16-17-39(44)47-31-38(33-49-41(46)43-21-18-34(19-22-43)20-23-43)32-48-40(45)30-42-27-35-24-36(28-42)26-37(25-35)29-42/h6-7,9-10,34-38H,2-5,8,11-33H2,1H3/b7-6-,10-9-. The van der Waals surface area contributed by atoms with Gasteiger partial charge in [0.2, 0.25) is 0 Å². The van der Waals surface area contributed by atoms with Crippen LogP contribution in [0.15, 0.2) is 24.3 Å². The highest BCUT2D eigenvalue weighted by atomic mass is 16.6. The lowest BCUT2D eigenvalue weighted by Crippen LogP contribution is -2.47. The van der Waals surface area contributed by atoms with Crippen molar-refractivity contribution in [2.45, 2.75) is 167 Å². The molecular formula is C43H68O6. The largest absolute Gasteiger partial charge is 0.465 e. The number of unbranched alkanes of at least 4 members (excludes halogenated alkanes) is 8. The molecule has 0 aromatic heterocycles. The van der Waals surface area contributed by atoms with Gasteiger partial charge in [0.25, 0.3) is 0 Å². The summed E-state index contributed by atoms with van der Waals surface area (Å²) in [6.45, 7) is 2.62. The zero-order chi connectivity index (χ0) is 34.4. The summed E-state index contributed by atoms with van der Waals surface area (Å²) in [5.41, 5.74) is -0.215. The lowest BCUT2D eigenvalue weighted by Gasteiger charge is -2.56. The third-order valence-electron chi connectivity index (χ3n) is 13.0. The minimum atomic E-state index is -0.341. The lowest BCUT2D eigenvalue weighted by atomic mass is 9.49. The van der Waals surface area contributed by atoms with Crippen LogP contribution >= 0.6 is 0 Å². The zero-order valence-electron chi connectivity index (χ0n) is 30.9. The van der Waals surface area contributed by atoms with Gasteiger partial charge < -0.3 is 14.2 Å². The molecule has 7 saturated carbocycles. The van der Waals surface area contributed by atoms with E-state index in [1.54, 1.807) is 0 Å². The summed E-state index contributed by atoms with van der Waals surface area (Å²) in [7, 11) is 0. The lowest BCUT2D eigenvalue weighted by molar-refractivity contribution is -0.167. The summed E-state index contributed by atoms with van der Waals surface area (Å²) in [5, 5.41) is 0. The molecule has 0 saturated heterocycles. The SMILES string of the molecule is CCCCC/C=C\C/C=C\CCCCCCCC(=O)OCC(COC(=O)CC12CC3CC(CC(C3)C1)C2)COC(=O)C12CCC(CC1)CC2. The molecule has 7 aliphatic carbocycles. The van der Waals surface area contributed by atoms with Gasteiger partial charge in [-0.3, -0.25) is 14.4 Å². The topological polar surface area (TPSA) is 78.9 Å². The van der Waals surface area contributed by atoms with Crippen molar-refractivity contribution in [3.05, 3.63) is 24.3 Å². The number of rotatable bonds is 23. The van der Waals surface area contributed by atoms with Crippen LogP contribution in [0.5, 0.6) is 0 Å². The second-order valence-corrected chi connectivity index (χ2v) is 17.2. The van der Waals surface area contributed by atoms with E-state index in [4.69, 9.17) is 14.2 Å². The van der Waals surface area contributed by atoms with Crippen LogP contribution in [-0.4, -0.2) is 37.7 Å². The summed E-state index contributed by atoms with van der Waals surface area (Å²) < 4.78 is 17.5. The molecule has 7 rings (SSSR count). The molecule has 6 heteroatoms. The van der Waals surface area contributed by atoms with Crippen molar-refractivity contribution >= 4 is 17.9 Å². The van der Waals surface area contributed by atoms with Gasteiger partial charge in [0.15, 0.2) is 0 Å². The Hall–Kier alpha value is -2.11. The van der Waals surface area contributed by atoms with Crippen LogP contribution in [-0.2, 0) is 28.6 Å². The van der Waals surface area contributed by atoms with Crippen LogP contribution < -0.4 is 0 Å². The van der Waals surface area contributed by atoms with E-state index in [1.165, 1.54) is 77.0 Å². The molecule has 7 fully saturated rings. The number of fused-ring (bicyclic) bond motifs is 3. The van der Waals surface area contributed by atoms with Crippen molar-refractivity contribution in [2.75, 3.05) is 19.8 Å². The summed E-state index contributed by atoms with van der Waals surface area (Å²) in [6, 6.07) is 0. The predicted molar refractivity (Wildman–Crippen MR) is 195 cm³/mol. The first-order valence-corrected chi connectivity index (χ1v) is 20.7. The molecule has 7 aliphatic rings. The minimum Gasteiger partial charge on any atom is -0.465 e. The monoisotopic (exact) mass is 681 g/mol. The number of ether oxygens (including phenoxy) is 3. The van der Waals surface area contributed by atoms with Crippen LogP contribution in [0.1, 0.15) is 167 Å². The van der Waals surface area contributed by atoms with E-state index >= 15 is 0 Å². The fourth-order valence-corrected chi connectivity index (χ4v) is 10.5. The third-order valence-corrected chi connectivity index (χ3v) is 13.0. The van der Waals surface area contributed by atoms with Crippen molar-refractivity contribution in [1.29, 1.82) is 0 Å². The number of esters is 3. The van der Waals surface area contributed by atoms with E-state index in [2.05, 4.69) is 31.2 Å². The van der Waals surface area contributed by atoms with E-state index in [-0.39, 0.29) is 54.5 Å². The first-order chi connectivity index (χ1) is 23.9. The summed E-state index contributed by atoms with van der Waals surface area (Å²) in [4.78, 5) is 39.1. The van der Waals surface area contributed by atoms with Crippen LogP contribution in [0, 0.1) is 40.4 Å². The van der Waals surface area contributed by atoms with Gasteiger partial charge in [-0.1, -0.05) is 63.3 Å². The Kier molecular flexibility index (Phi) is 15.2. The second kappa shape index (κ2) is 19.5. The number of carbonyl (C=O) groups excluding carboxylic acids is 3. The Balaban J connectivity index is 0.978. The number of carbonyl (C=O) groups is 3. The molecule has 6 bridgehead atoms. The average molecular weight is 681 g/mol. The first kappa shape index (κ1) is 38.1. The fourth-order valence-electron chi connectivity index (χ4n) is 10.5. The Morgan fingerprint density at radius 2 is 1.16 bits per heavy atom. The highest BCUT2D eigenvalue weighted by molar-refractivity contribution is 5.77. The van der Waals surface area contributed by atoms with Crippen LogP contribution in [0.4, 0.5) is 0 Å². The molecule has 49 heavy (non-hydrogen) atoms.